The lowest BCUT2D eigenvalue weighted by atomic mass is 10.1. The van der Waals surface area contributed by atoms with E-state index in [1.54, 1.807) is 6.07 Å². The smallest absolute Gasteiger partial charge is 0.252 e. The molecule has 2 atom stereocenters. The van der Waals surface area contributed by atoms with Crippen LogP contribution >= 0.6 is 11.8 Å². The van der Waals surface area contributed by atoms with Crippen LogP contribution in [0.4, 0.5) is 0 Å². The lowest BCUT2D eigenvalue weighted by Gasteiger charge is -2.22. The van der Waals surface area contributed by atoms with Gasteiger partial charge in [0.05, 0.1) is 29.5 Å². The number of nitrogens with zero attached hydrogens (tertiary/aromatic N) is 1. The molecule has 0 bridgehead atoms. The molecule has 1 fully saturated rings. The molecule has 1 aliphatic rings. The fraction of sp³-hybridized carbons (Fsp3) is 0.500. The molecule has 2 rings (SSSR count). The number of thioether (sulfide) groups is 1. The second kappa shape index (κ2) is 8.06. The standard InChI is InChI=1S/C16H20N2O2S/c17-10-11-21-15-9-5-4-6-12(15)16(20)18-13-7-2-1-3-8-14(13)19/h4-6,9,13-14,19H,1-3,7-8,11H2,(H,18,20). The van der Waals surface area contributed by atoms with Crippen molar-refractivity contribution in [2.75, 3.05) is 5.75 Å². The maximum Gasteiger partial charge on any atom is 0.252 e. The van der Waals surface area contributed by atoms with Gasteiger partial charge in [-0.15, -0.1) is 11.8 Å². The van der Waals surface area contributed by atoms with Gasteiger partial charge in [0.25, 0.3) is 5.91 Å². The summed E-state index contributed by atoms with van der Waals surface area (Å²) in [5.41, 5.74) is 0.578. The zero-order valence-electron chi connectivity index (χ0n) is 11.9. The van der Waals surface area contributed by atoms with Gasteiger partial charge in [0.1, 0.15) is 0 Å². The van der Waals surface area contributed by atoms with Gasteiger partial charge in [-0.25, -0.2) is 0 Å². The predicted octanol–water partition coefficient (Wildman–Crippen LogP) is 2.73. The molecule has 1 aliphatic carbocycles. The van der Waals surface area contributed by atoms with Crippen molar-refractivity contribution in [1.29, 1.82) is 5.26 Å². The Morgan fingerprint density at radius 3 is 2.90 bits per heavy atom. The third-order valence-corrected chi connectivity index (χ3v) is 4.66. The zero-order chi connectivity index (χ0) is 15.1. The molecule has 1 aromatic carbocycles. The summed E-state index contributed by atoms with van der Waals surface area (Å²) in [5, 5.41) is 21.7. The highest BCUT2D eigenvalue weighted by atomic mass is 32.2. The summed E-state index contributed by atoms with van der Waals surface area (Å²) in [5.74, 6) is 0.151. The average molecular weight is 304 g/mol. The van der Waals surface area contributed by atoms with Crippen LogP contribution in [0.5, 0.6) is 0 Å². The van der Waals surface area contributed by atoms with Crippen LogP contribution in [0.1, 0.15) is 42.5 Å². The molecular formula is C16H20N2O2S. The molecule has 1 aromatic rings. The summed E-state index contributed by atoms with van der Waals surface area (Å²) in [4.78, 5) is 13.2. The number of carbonyl (C=O) groups excluding carboxylic acids is 1. The van der Waals surface area contributed by atoms with Crippen LogP contribution in [-0.4, -0.2) is 28.9 Å². The fourth-order valence-electron chi connectivity index (χ4n) is 2.59. The molecule has 0 saturated heterocycles. The summed E-state index contributed by atoms with van der Waals surface area (Å²) < 4.78 is 0. The van der Waals surface area contributed by atoms with Crippen LogP contribution in [0.2, 0.25) is 0 Å². The Morgan fingerprint density at radius 2 is 2.10 bits per heavy atom. The normalized spacial score (nSPS) is 22.1. The van der Waals surface area contributed by atoms with E-state index >= 15 is 0 Å². The van der Waals surface area contributed by atoms with Crippen LogP contribution < -0.4 is 5.32 Å². The number of hydrogen-bond donors (Lipinski definition) is 2. The van der Waals surface area contributed by atoms with Gasteiger partial charge < -0.3 is 10.4 Å². The molecule has 2 N–H and O–H groups in total. The van der Waals surface area contributed by atoms with E-state index in [1.807, 2.05) is 18.2 Å². The van der Waals surface area contributed by atoms with Crippen molar-refractivity contribution in [1.82, 2.24) is 5.32 Å². The molecule has 2 unspecified atom stereocenters. The van der Waals surface area contributed by atoms with E-state index in [4.69, 9.17) is 5.26 Å². The van der Waals surface area contributed by atoms with E-state index in [-0.39, 0.29) is 11.9 Å². The number of benzene rings is 1. The minimum absolute atomic E-state index is 0.165. The van der Waals surface area contributed by atoms with E-state index in [2.05, 4.69) is 11.4 Å². The first kappa shape index (κ1) is 15.9. The number of aliphatic hydroxyl groups excluding tert-OH is 1. The van der Waals surface area contributed by atoms with Gasteiger partial charge in [0.15, 0.2) is 0 Å². The Kier molecular flexibility index (Phi) is 6.09. The second-order valence-electron chi connectivity index (χ2n) is 5.23. The number of aliphatic hydroxyl groups is 1. The van der Waals surface area contributed by atoms with Crippen molar-refractivity contribution in [3.63, 3.8) is 0 Å². The van der Waals surface area contributed by atoms with Gasteiger partial charge in [-0.1, -0.05) is 31.4 Å². The van der Waals surface area contributed by atoms with Crippen molar-refractivity contribution in [2.45, 2.75) is 49.1 Å². The maximum atomic E-state index is 12.4. The van der Waals surface area contributed by atoms with E-state index in [0.29, 0.717) is 11.3 Å². The Morgan fingerprint density at radius 1 is 1.33 bits per heavy atom. The van der Waals surface area contributed by atoms with Crippen LogP contribution in [0.25, 0.3) is 0 Å². The number of amides is 1. The van der Waals surface area contributed by atoms with E-state index in [9.17, 15) is 9.90 Å². The topological polar surface area (TPSA) is 73.1 Å². The van der Waals surface area contributed by atoms with Crippen LogP contribution in [0.15, 0.2) is 29.2 Å². The molecule has 0 radical (unpaired) electrons. The second-order valence-corrected chi connectivity index (χ2v) is 6.25. The minimum atomic E-state index is -0.463. The van der Waals surface area contributed by atoms with Gasteiger partial charge >= 0.3 is 0 Å². The lowest BCUT2D eigenvalue weighted by Crippen LogP contribution is -2.42. The van der Waals surface area contributed by atoms with Crippen molar-refractivity contribution in [3.05, 3.63) is 29.8 Å². The fourth-order valence-corrected chi connectivity index (χ4v) is 3.30. The molecule has 0 heterocycles. The summed E-state index contributed by atoms with van der Waals surface area (Å²) in [6.07, 6.45) is 4.26. The molecule has 112 valence electrons. The molecule has 5 heteroatoms. The molecular weight excluding hydrogens is 284 g/mol. The molecule has 21 heavy (non-hydrogen) atoms. The highest BCUT2D eigenvalue weighted by molar-refractivity contribution is 7.99. The Balaban J connectivity index is 2.07. The molecule has 1 amide bonds. The van der Waals surface area contributed by atoms with Crippen LogP contribution in [0, 0.1) is 11.3 Å². The summed E-state index contributed by atoms with van der Waals surface area (Å²) >= 11 is 1.36. The van der Waals surface area contributed by atoms with Gasteiger partial charge in [-0.05, 0) is 25.0 Å². The van der Waals surface area contributed by atoms with Gasteiger partial charge in [0.2, 0.25) is 0 Å². The highest BCUT2D eigenvalue weighted by Crippen LogP contribution is 2.23. The lowest BCUT2D eigenvalue weighted by molar-refractivity contribution is 0.0816. The first-order valence-electron chi connectivity index (χ1n) is 7.30. The van der Waals surface area contributed by atoms with Crippen LogP contribution in [0.3, 0.4) is 0 Å². The Labute approximate surface area is 129 Å². The van der Waals surface area contributed by atoms with E-state index in [0.717, 1.165) is 37.0 Å². The SMILES string of the molecule is N#CCSc1ccccc1C(=O)NC1CCCCCC1O. The summed E-state index contributed by atoms with van der Waals surface area (Å²) in [7, 11) is 0. The largest absolute Gasteiger partial charge is 0.391 e. The Bertz CT molecular complexity index is 527. The average Bonchev–Trinajstić information content (AvgIpc) is 2.70. The van der Waals surface area contributed by atoms with Crippen LogP contribution in [-0.2, 0) is 0 Å². The third kappa shape index (κ3) is 4.48. The minimum Gasteiger partial charge on any atom is -0.391 e. The number of nitriles is 1. The van der Waals surface area contributed by atoms with Gasteiger partial charge in [-0.2, -0.15) is 5.26 Å². The van der Waals surface area contributed by atoms with Gasteiger partial charge in [0, 0.05) is 4.90 Å². The molecule has 4 nitrogen and oxygen atoms in total. The van der Waals surface area contributed by atoms with Crippen molar-refractivity contribution in [3.8, 4) is 6.07 Å². The first-order chi connectivity index (χ1) is 10.2. The zero-order valence-corrected chi connectivity index (χ0v) is 12.7. The van der Waals surface area contributed by atoms with E-state index < -0.39 is 6.10 Å². The summed E-state index contributed by atoms with van der Waals surface area (Å²) in [6.45, 7) is 0. The monoisotopic (exact) mass is 304 g/mol. The number of carbonyl (C=O) groups is 1. The number of rotatable bonds is 4. The number of nitrogens with one attached hydrogen (secondary N) is 1. The maximum absolute atomic E-state index is 12.4. The molecule has 0 aliphatic heterocycles. The molecule has 0 aromatic heterocycles. The van der Waals surface area contributed by atoms with Crippen molar-refractivity contribution >= 4 is 17.7 Å². The highest BCUT2D eigenvalue weighted by Gasteiger charge is 2.24. The summed E-state index contributed by atoms with van der Waals surface area (Å²) in [6, 6.07) is 9.18. The van der Waals surface area contributed by atoms with Gasteiger partial charge in [-0.3, -0.25) is 4.79 Å². The van der Waals surface area contributed by atoms with Crippen molar-refractivity contribution in [2.24, 2.45) is 0 Å². The van der Waals surface area contributed by atoms with E-state index in [1.165, 1.54) is 11.8 Å². The first-order valence-corrected chi connectivity index (χ1v) is 8.28. The quantitative estimate of drug-likeness (QED) is 0.662. The Hall–Kier alpha value is -1.51. The van der Waals surface area contributed by atoms with Crippen molar-refractivity contribution < 1.29 is 9.90 Å². The third-order valence-electron chi connectivity index (χ3n) is 3.72. The molecule has 1 saturated carbocycles. The predicted molar refractivity (Wildman–Crippen MR) is 83.1 cm³/mol. The molecule has 0 spiro atoms. The number of hydrogen-bond acceptors (Lipinski definition) is 4.